The highest BCUT2D eigenvalue weighted by atomic mass is 19.3. The number of carbonyl (C=O) groups is 1. The number of amides is 2. The summed E-state index contributed by atoms with van der Waals surface area (Å²) >= 11 is 0. The van der Waals surface area contributed by atoms with Crippen LogP contribution in [0.15, 0.2) is 42.7 Å². The summed E-state index contributed by atoms with van der Waals surface area (Å²) in [5, 5.41) is 9.90. The lowest BCUT2D eigenvalue weighted by molar-refractivity contribution is -0.0489. The highest BCUT2D eigenvalue weighted by Gasteiger charge is 2.13. The molecule has 2 amide bonds. The van der Waals surface area contributed by atoms with Gasteiger partial charge < -0.3 is 15.4 Å². The van der Waals surface area contributed by atoms with Crippen LogP contribution in [-0.4, -0.2) is 27.4 Å². The quantitative estimate of drug-likeness (QED) is 0.744. The smallest absolute Gasteiger partial charge is 0.387 e. The topological polar surface area (TPSA) is 81.1 Å². The van der Waals surface area contributed by atoms with E-state index in [1.165, 1.54) is 18.3 Å². The van der Waals surface area contributed by atoms with Gasteiger partial charge >= 0.3 is 12.6 Å². The summed E-state index contributed by atoms with van der Waals surface area (Å²) in [7, 11) is 1.77. The summed E-state index contributed by atoms with van der Waals surface area (Å²) in [5.41, 5.74) is 1.52. The van der Waals surface area contributed by atoms with Crippen molar-refractivity contribution < 1.29 is 18.3 Å². The van der Waals surface area contributed by atoms with E-state index in [9.17, 15) is 13.6 Å². The Hall–Kier alpha value is -3.23. The lowest BCUT2D eigenvalue weighted by Gasteiger charge is -2.12. The highest BCUT2D eigenvalue weighted by Crippen LogP contribution is 2.30. The van der Waals surface area contributed by atoms with Gasteiger partial charge in [-0.05, 0) is 30.3 Å². The molecule has 2 N–H and O–H groups in total. The number of anilines is 1. The van der Waals surface area contributed by atoms with E-state index in [-0.39, 0.29) is 11.3 Å². The van der Waals surface area contributed by atoms with Gasteiger partial charge in [0.1, 0.15) is 5.52 Å². The number of pyridine rings is 1. The Morgan fingerprint density at radius 2 is 2.12 bits per heavy atom. The molecule has 0 spiro atoms. The van der Waals surface area contributed by atoms with E-state index in [2.05, 4.69) is 25.5 Å². The van der Waals surface area contributed by atoms with Crippen LogP contribution in [0, 0.1) is 0 Å². The fraction of sp³-hybridized carbons (Fsp3) is 0.188. The largest absolute Gasteiger partial charge is 0.432 e. The zero-order valence-corrected chi connectivity index (χ0v) is 13.2. The number of urea groups is 1. The average molecular weight is 347 g/mol. The van der Waals surface area contributed by atoms with Gasteiger partial charge in [-0.1, -0.05) is 0 Å². The molecule has 0 atom stereocenters. The minimum Gasteiger partial charge on any atom is -0.432 e. The number of nitrogens with zero attached hydrogens (tertiary/aromatic N) is 3. The maximum absolute atomic E-state index is 12.5. The van der Waals surface area contributed by atoms with Crippen molar-refractivity contribution in [3.8, 4) is 5.75 Å². The molecule has 2 heterocycles. The van der Waals surface area contributed by atoms with Gasteiger partial charge in [0.05, 0.1) is 17.9 Å². The van der Waals surface area contributed by atoms with Crippen molar-refractivity contribution >= 4 is 22.6 Å². The number of hydrogen-bond donors (Lipinski definition) is 2. The van der Waals surface area contributed by atoms with E-state index >= 15 is 0 Å². The Labute approximate surface area is 141 Å². The van der Waals surface area contributed by atoms with E-state index in [0.29, 0.717) is 17.6 Å². The number of alkyl halides is 2. The highest BCUT2D eigenvalue weighted by molar-refractivity contribution is 6.02. The van der Waals surface area contributed by atoms with Crippen LogP contribution >= 0.6 is 0 Å². The molecule has 0 unspecified atom stereocenters. The van der Waals surface area contributed by atoms with Gasteiger partial charge in [-0.2, -0.15) is 13.9 Å². The first kappa shape index (κ1) is 16.6. The third-order valence-electron chi connectivity index (χ3n) is 3.55. The van der Waals surface area contributed by atoms with Crippen LogP contribution in [0.4, 0.5) is 19.3 Å². The Balaban J connectivity index is 1.77. The number of halogens is 2. The van der Waals surface area contributed by atoms with Crippen LogP contribution in [0.5, 0.6) is 5.75 Å². The van der Waals surface area contributed by atoms with Crippen LogP contribution in [0.1, 0.15) is 5.69 Å². The monoisotopic (exact) mass is 347 g/mol. The molecule has 2 aromatic heterocycles. The number of nitrogens with one attached hydrogen (secondary N) is 2. The standard InChI is InChI=1S/C16H15F2N5O2/c1-23-10(6-8-21-23)9-20-16(24)22-12-4-5-13(25-15(17)18)14-11(12)3-2-7-19-14/h2-8,15H,9H2,1H3,(H2,20,22,24). The zero-order chi connectivity index (χ0) is 17.8. The molecule has 0 aliphatic heterocycles. The molecule has 0 fully saturated rings. The average Bonchev–Trinajstić information content (AvgIpc) is 3.00. The number of benzene rings is 1. The van der Waals surface area contributed by atoms with Crippen molar-refractivity contribution in [2.45, 2.75) is 13.2 Å². The molecule has 9 heteroatoms. The molecule has 0 saturated carbocycles. The fourth-order valence-electron chi connectivity index (χ4n) is 2.36. The van der Waals surface area contributed by atoms with Crippen LogP contribution in [0.3, 0.4) is 0 Å². The van der Waals surface area contributed by atoms with Gasteiger partial charge in [-0.3, -0.25) is 9.67 Å². The minimum absolute atomic E-state index is 0.0496. The molecule has 130 valence electrons. The Morgan fingerprint density at radius 3 is 2.84 bits per heavy atom. The third-order valence-corrected chi connectivity index (χ3v) is 3.55. The minimum atomic E-state index is -2.95. The number of carbonyl (C=O) groups excluding carboxylic acids is 1. The van der Waals surface area contributed by atoms with Crippen molar-refractivity contribution in [2.75, 3.05) is 5.32 Å². The molecule has 0 bridgehead atoms. The second-order valence-electron chi connectivity index (χ2n) is 5.14. The maximum Gasteiger partial charge on any atom is 0.387 e. The second-order valence-corrected chi connectivity index (χ2v) is 5.14. The van der Waals surface area contributed by atoms with Crippen molar-refractivity contribution in [3.05, 3.63) is 48.4 Å². The molecule has 7 nitrogen and oxygen atoms in total. The Kier molecular flexibility index (Phi) is 4.73. The van der Waals surface area contributed by atoms with Gasteiger partial charge in [-0.25, -0.2) is 4.79 Å². The first-order valence-electron chi connectivity index (χ1n) is 7.39. The normalized spacial score (nSPS) is 10.9. The number of ether oxygens (including phenoxy) is 1. The number of rotatable bonds is 5. The number of aryl methyl sites for hydroxylation is 1. The van der Waals surface area contributed by atoms with Crippen molar-refractivity contribution in [1.82, 2.24) is 20.1 Å². The number of fused-ring (bicyclic) bond motifs is 1. The van der Waals surface area contributed by atoms with Crippen LogP contribution in [0.2, 0.25) is 0 Å². The molecule has 3 rings (SSSR count). The Bertz CT molecular complexity index is 897. The molecule has 0 aliphatic rings. The first-order valence-corrected chi connectivity index (χ1v) is 7.39. The molecular weight excluding hydrogens is 332 g/mol. The molecule has 0 aliphatic carbocycles. The van der Waals surface area contributed by atoms with E-state index in [0.717, 1.165) is 5.69 Å². The van der Waals surface area contributed by atoms with Gasteiger partial charge in [0, 0.05) is 24.8 Å². The van der Waals surface area contributed by atoms with Gasteiger partial charge in [-0.15, -0.1) is 0 Å². The van der Waals surface area contributed by atoms with E-state index in [1.54, 1.807) is 36.1 Å². The zero-order valence-electron chi connectivity index (χ0n) is 13.2. The van der Waals surface area contributed by atoms with Crippen LogP contribution < -0.4 is 15.4 Å². The molecule has 0 saturated heterocycles. The van der Waals surface area contributed by atoms with E-state index in [1.807, 2.05) is 0 Å². The lowest BCUT2D eigenvalue weighted by atomic mass is 10.1. The number of hydrogen-bond acceptors (Lipinski definition) is 4. The van der Waals surface area contributed by atoms with Gasteiger partial charge in [0.2, 0.25) is 0 Å². The van der Waals surface area contributed by atoms with Crippen LogP contribution in [0.25, 0.3) is 10.9 Å². The molecule has 25 heavy (non-hydrogen) atoms. The third kappa shape index (κ3) is 3.82. The molecular formula is C16H15F2N5O2. The SMILES string of the molecule is Cn1nccc1CNC(=O)Nc1ccc(OC(F)F)c2ncccc12. The van der Waals surface area contributed by atoms with E-state index in [4.69, 9.17) is 0 Å². The fourth-order valence-corrected chi connectivity index (χ4v) is 2.36. The van der Waals surface area contributed by atoms with E-state index < -0.39 is 12.6 Å². The summed E-state index contributed by atoms with van der Waals surface area (Å²) in [4.78, 5) is 16.2. The predicted molar refractivity (Wildman–Crippen MR) is 87.4 cm³/mol. The summed E-state index contributed by atoms with van der Waals surface area (Å²) in [6, 6.07) is 7.50. The summed E-state index contributed by atoms with van der Waals surface area (Å²) in [5.74, 6) is -0.0496. The molecule has 0 radical (unpaired) electrons. The summed E-state index contributed by atoms with van der Waals surface area (Å²) < 4.78 is 31.1. The van der Waals surface area contributed by atoms with Gasteiger partial charge in [0.25, 0.3) is 0 Å². The van der Waals surface area contributed by atoms with Crippen molar-refractivity contribution in [3.63, 3.8) is 0 Å². The number of aromatic nitrogens is 3. The van der Waals surface area contributed by atoms with Crippen molar-refractivity contribution in [2.24, 2.45) is 7.05 Å². The molecule has 3 aromatic rings. The Morgan fingerprint density at radius 1 is 1.28 bits per heavy atom. The maximum atomic E-state index is 12.5. The summed E-state index contributed by atoms with van der Waals surface area (Å²) in [6.45, 7) is -2.66. The summed E-state index contributed by atoms with van der Waals surface area (Å²) in [6.07, 6.45) is 3.10. The lowest BCUT2D eigenvalue weighted by Crippen LogP contribution is -2.29. The van der Waals surface area contributed by atoms with Crippen LogP contribution in [-0.2, 0) is 13.6 Å². The second kappa shape index (κ2) is 7.12. The van der Waals surface area contributed by atoms with Gasteiger partial charge in [0.15, 0.2) is 5.75 Å². The van der Waals surface area contributed by atoms with Crippen molar-refractivity contribution in [1.29, 1.82) is 0 Å². The molecule has 1 aromatic carbocycles. The first-order chi connectivity index (χ1) is 12.0. The predicted octanol–water partition coefficient (Wildman–Crippen LogP) is 2.89.